The predicted molar refractivity (Wildman–Crippen MR) is 89.3 cm³/mol. The first-order valence-corrected chi connectivity index (χ1v) is 8.49. The average molecular weight is 318 g/mol. The van der Waals surface area contributed by atoms with Gasteiger partial charge in [-0.05, 0) is 32.3 Å². The van der Waals surface area contributed by atoms with Gasteiger partial charge in [0.15, 0.2) is 5.96 Å². The van der Waals surface area contributed by atoms with Gasteiger partial charge in [-0.15, -0.1) is 0 Å². The number of piperazine rings is 1. The summed E-state index contributed by atoms with van der Waals surface area (Å²) in [6.45, 7) is 8.39. The van der Waals surface area contributed by atoms with Crippen molar-refractivity contribution in [1.82, 2.24) is 24.9 Å². The molecule has 1 aliphatic carbocycles. The Morgan fingerprint density at radius 3 is 2.87 bits per heavy atom. The van der Waals surface area contributed by atoms with Crippen LogP contribution in [0, 0.1) is 6.92 Å². The van der Waals surface area contributed by atoms with Crippen molar-refractivity contribution in [1.29, 1.82) is 0 Å². The van der Waals surface area contributed by atoms with E-state index in [2.05, 4.69) is 27.2 Å². The third-order valence-corrected chi connectivity index (χ3v) is 4.23. The molecule has 7 heteroatoms. The van der Waals surface area contributed by atoms with E-state index in [0.29, 0.717) is 19.1 Å². The van der Waals surface area contributed by atoms with E-state index in [4.69, 9.17) is 0 Å². The van der Waals surface area contributed by atoms with E-state index in [0.717, 1.165) is 37.7 Å². The second-order valence-corrected chi connectivity index (χ2v) is 6.26. The van der Waals surface area contributed by atoms with Crippen LogP contribution in [0.3, 0.4) is 0 Å². The highest BCUT2D eigenvalue weighted by atomic mass is 16.2. The molecule has 23 heavy (non-hydrogen) atoms. The lowest BCUT2D eigenvalue weighted by Crippen LogP contribution is -2.55. The predicted octanol–water partition coefficient (Wildman–Crippen LogP) is 0.464. The van der Waals surface area contributed by atoms with Gasteiger partial charge in [-0.2, -0.15) is 5.10 Å². The number of hydrogen-bond donors (Lipinski definition) is 1. The molecular weight excluding hydrogens is 292 g/mol. The van der Waals surface area contributed by atoms with Crippen molar-refractivity contribution >= 4 is 11.9 Å². The molecule has 0 atom stereocenters. The van der Waals surface area contributed by atoms with Gasteiger partial charge < -0.3 is 15.1 Å². The molecule has 2 fully saturated rings. The molecule has 0 spiro atoms. The summed E-state index contributed by atoms with van der Waals surface area (Å²) in [6, 6.07) is 0.507. The third-order valence-electron chi connectivity index (χ3n) is 4.23. The maximum Gasteiger partial charge on any atom is 0.242 e. The fraction of sp³-hybridized carbons (Fsp3) is 0.688. The van der Waals surface area contributed by atoms with Crippen LogP contribution in [0.1, 0.15) is 25.3 Å². The number of nitrogens with one attached hydrogen (secondary N) is 1. The van der Waals surface area contributed by atoms with E-state index in [9.17, 15) is 4.79 Å². The molecule has 1 aromatic rings. The molecule has 1 aliphatic heterocycles. The van der Waals surface area contributed by atoms with Gasteiger partial charge in [0, 0.05) is 31.9 Å². The maximum absolute atomic E-state index is 12.3. The number of aryl methyl sites for hydroxylation is 1. The topological polar surface area (TPSA) is 65.8 Å². The van der Waals surface area contributed by atoms with Crippen LogP contribution in [0.2, 0.25) is 0 Å². The summed E-state index contributed by atoms with van der Waals surface area (Å²) >= 11 is 0. The molecule has 1 aromatic heterocycles. The zero-order valence-corrected chi connectivity index (χ0v) is 14.0. The molecular formula is C16H26N6O. The van der Waals surface area contributed by atoms with Crippen molar-refractivity contribution < 1.29 is 4.79 Å². The minimum Gasteiger partial charge on any atom is -0.357 e. The standard InChI is InChI=1S/C16H26N6O/c1-3-17-16(18-6-7-21-11-13(2)10-19-21)20-8-9-22(14-4-5-14)15(23)12-20/h10-11,14H,3-9,12H2,1-2H3,(H,17,18). The lowest BCUT2D eigenvalue weighted by atomic mass is 10.3. The van der Waals surface area contributed by atoms with Gasteiger partial charge in [0.2, 0.25) is 5.91 Å². The molecule has 1 amide bonds. The van der Waals surface area contributed by atoms with Crippen molar-refractivity contribution in [2.75, 3.05) is 32.7 Å². The van der Waals surface area contributed by atoms with Crippen molar-refractivity contribution in [3.05, 3.63) is 18.0 Å². The van der Waals surface area contributed by atoms with Gasteiger partial charge in [-0.1, -0.05) is 0 Å². The van der Waals surface area contributed by atoms with Crippen LogP contribution in [0.25, 0.3) is 0 Å². The number of carbonyl (C=O) groups excluding carboxylic acids is 1. The summed E-state index contributed by atoms with van der Waals surface area (Å²) < 4.78 is 1.90. The van der Waals surface area contributed by atoms with Gasteiger partial charge in [-0.3, -0.25) is 14.5 Å². The highest BCUT2D eigenvalue weighted by Gasteiger charge is 2.36. The normalized spacial score (nSPS) is 19.4. The number of aliphatic imine (C=N–C) groups is 1. The number of hydrogen-bond acceptors (Lipinski definition) is 3. The highest BCUT2D eigenvalue weighted by Crippen LogP contribution is 2.27. The Labute approximate surface area is 137 Å². The van der Waals surface area contributed by atoms with Crippen molar-refractivity contribution in [3.8, 4) is 0 Å². The van der Waals surface area contributed by atoms with Crippen LogP contribution in [-0.4, -0.2) is 70.2 Å². The molecule has 1 saturated carbocycles. The average Bonchev–Trinajstić information content (AvgIpc) is 3.29. The summed E-state index contributed by atoms with van der Waals surface area (Å²) in [5, 5.41) is 7.57. The van der Waals surface area contributed by atoms with E-state index < -0.39 is 0 Å². The fourth-order valence-electron chi connectivity index (χ4n) is 2.91. The molecule has 126 valence electrons. The monoisotopic (exact) mass is 318 g/mol. The van der Waals surface area contributed by atoms with Crippen LogP contribution in [0.4, 0.5) is 0 Å². The largest absolute Gasteiger partial charge is 0.357 e. The SMILES string of the molecule is CCNC(=NCCn1cc(C)cn1)N1CCN(C2CC2)C(=O)C1. The molecule has 7 nitrogen and oxygen atoms in total. The van der Waals surface area contributed by atoms with Crippen LogP contribution < -0.4 is 5.32 Å². The molecule has 1 N–H and O–H groups in total. The Morgan fingerprint density at radius 1 is 1.43 bits per heavy atom. The zero-order valence-electron chi connectivity index (χ0n) is 14.0. The van der Waals surface area contributed by atoms with Gasteiger partial charge in [-0.25, -0.2) is 0 Å². The fourth-order valence-corrected chi connectivity index (χ4v) is 2.91. The zero-order chi connectivity index (χ0) is 16.2. The first kappa shape index (κ1) is 15.8. The minimum absolute atomic E-state index is 0.229. The molecule has 0 unspecified atom stereocenters. The first-order chi connectivity index (χ1) is 11.2. The van der Waals surface area contributed by atoms with Crippen molar-refractivity contribution in [2.24, 2.45) is 4.99 Å². The van der Waals surface area contributed by atoms with E-state index >= 15 is 0 Å². The molecule has 0 radical (unpaired) electrons. The molecule has 1 saturated heterocycles. The molecule has 2 heterocycles. The van der Waals surface area contributed by atoms with Crippen LogP contribution in [0.5, 0.6) is 0 Å². The summed E-state index contributed by atoms with van der Waals surface area (Å²) in [5.74, 6) is 1.06. The third kappa shape index (κ3) is 4.03. The number of amides is 1. The Balaban J connectivity index is 1.56. The molecule has 0 bridgehead atoms. The minimum atomic E-state index is 0.229. The number of carbonyl (C=O) groups is 1. The number of guanidine groups is 1. The van der Waals surface area contributed by atoms with E-state index in [1.165, 1.54) is 12.8 Å². The Bertz CT molecular complexity index is 577. The quantitative estimate of drug-likeness (QED) is 0.633. The van der Waals surface area contributed by atoms with E-state index in [1.54, 1.807) is 0 Å². The summed E-state index contributed by atoms with van der Waals surface area (Å²) in [4.78, 5) is 21.0. The van der Waals surface area contributed by atoms with Crippen molar-refractivity contribution in [3.63, 3.8) is 0 Å². The summed E-state index contributed by atoms with van der Waals surface area (Å²) in [6.07, 6.45) is 6.21. The summed E-state index contributed by atoms with van der Waals surface area (Å²) in [5.41, 5.74) is 1.16. The van der Waals surface area contributed by atoms with Gasteiger partial charge in [0.1, 0.15) is 0 Å². The van der Waals surface area contributed by atoms with Gasteiger partial charge in [0.25, 0.3) is 0 Å². The molecule has 2 aliphatic rings. The number of aromatic nitrogens is 2. The Morgan fingerprint density at radius 2 is 2.26 bits per heavy atom. The van der Waals surface area contributed by atoms with Gasteiger partial charge >= 0.3 is 0 Å². The Kier molecular flexibility index (Phi) is 4.83. The van der Waals surface area contributed by atoms with Crippen LogP contribution >= 0.6 is 0 Å². The van der Waals surface area contributed by atoms with Crippen LogP contribution in [0.15, 0.2) is 17.4 Å². The Hall–Kier alpha value is -2.05. The number of nitrogens with zero attached hydrogens (tertiary/aromatic N) is 5. The van der Waals surface area contributed by atoms with E-state index in [-0.39, 0.29) is 5.91 Å². The lowest BCUT2D eigenvalue weighted by Gasteiger charge is -2.36. The van der Waals surface area contributed by atoms with E-state index in [1.807, 2.05) is 28.9 Å². The van der Waals surface area contributed by atoms with Gasteiger partial charge in [0.05, 0.1) is 25.8 Å². The first-order valence-electron chi connectivity index (χ1n) is 8.49. The highest BCUT2D eigenvalue weighted by molar-refractivity contribution is 5.88. The second-order valence-electron chi connectivity index (χ2n) is 6.26. The number of rotatable bonds is 5. The van der Waals surface area contributed by atoms with Crippen molar-refractivity contribution in [2.45, 2.75) is 39.3 Å². The maximum atomic E-state index is 12.3. The lowest BCUT2D eigenvalue weighted by molar-refractivity contribution is -0.135. The molecule has 0 aromatic carbocycles. The smallest absolute Gasteiger partial charge is 0.242 e. The second kappa shape index (κ2) is 7.02. The molecule has 3 rings (SSSR count). The van der Waals surface area contributed by atoms with Crippen LogP contribution in [-0.2, 0) is 11.3 Å². The summed E-state index contributed by atoms with van der Waals surface area (Å²) in [7, 11) is 0.